The van der Waals surface area contributed by atoms with E-state index in [1.807, 2.05) is 0 Å². The van der Waals surface area contributed by atoms with Crippen molar-refractivity contribution in [1.29, 1.82) is 0 Å². The quantitative estimate of drug-likeness (QED) is 0.796. The van der Waals surface area contributed by atoms with Gasteiger partial charge < -0.3 is 14.9 Å². The van der Waals surface area contributed by atoms with Gasteiger partial charge in [-0.25, -0.2) is 4.79 Å². The molecular weight excluding hydrogens is 246 g/mol. The summed E-state index contributed by atoms with van der Waals surface area (Å²) in [6.45, 7) is 5.17. The maximum absolute atomic E-state index is 12.0. The molecule has 1 aromatic heterocycles. The van der Waals surface area contributed by atoms with Gasteiger partial charge >= 0.3 is 5.97 Å². The first-order valence-corrected chi connectivity index (χ1v) is 5.84. The number of esters is 1. The molecule has 0 radical (unpaired) electrons. The molecule has 0 unspecified atom stereocenters. The number of ether oxygens (including phenoxy) is 1. The number of rotatable bonds is 1. The number of hydrogen-bond acceptors (Lipinski definition) is 5. The van der Waals surface area contributed by atoms with E-state index >= 15 is 0 Å². The third kappa shape index (κ3) is 2.59. The molecule has 0 spiro atoms. The van der Waals surface area contributed by atoms with E-state index in [0.717, 1.165) is 0 Å². The number of fused-ring (bicyclic) bond motifs is 1. The highest BCUT2D eigenvalue weighted by Gasteiger charge is 2.24. The first-order valence-electron chi connectivity index (χ1n) is 5.84. The molecule has 2 rings (SSSR count). The Morgan fingerprint density at radius 2 is 1.89 bits per heavy atom. The molecule has 5 nitrogen and oxygen atoms in total. The number of benzene rings is 1. The highest BCUT2D eigenvalue weighted by molar-refractivity contribution is 5.95. The molecule has 0 bridgehead atoms. The molecule has 100 valence electrons. The molecule has 1 aromatic carbocycles. The lowest BCUT2D eigenvalue weighted by atomic mass is 10.2. The standard InChI is InChI=1S/C14H15NO4/c1-14(2,3)19-13(17)12-10(15)11(16)8-6-4-5-7-9(8)18-12/h4-7H,15H2,1-3H3. The molecule has 0 aliphatic rings. The Kier molecular flexibility index (Phi) is 3.06. The minimum absolute atomic E-state index is 0.229. The van der Waals surface area contributed by atoms with Crippen molar-refractivity contribution < 1.29 is 13.9 Å². The van der Waals surface area contributed by atoms with Gasteiger partial charge in [0.1, 0.15) is 16.9 Å². The van der Waals surface area contributed by atoms with Crippen LogP contribution in [0.3, 0.4) is 0 Å². The van der Waals surface area contributed by atoms with Gasteiger partial charge in [-0.1, -0.05) is 12.1 Å². The predicted octanol–water partition coefficient (Wildman–Crippen LogP) is 2.33. The van der Waals surface area contributed by atoms with Gasteiger partial charge in [-0.3, -0.25) is 4.79 Å². The van der Waals surface area contributed by atoms with Crippen LogP contribution in [0.2, 0.25) is 0 Å². The molecule has 0 atom stereocenters. The summed E-state index contributed by atoms with van der Waals surface area (Å²) < 4.78 is 10.5. The first-order chi connectivity index (χ1) is 8.79. The Morgan fingerprint density at radius 1 is 1.26 bits per heavy atom. The zero-order valence-electron chi connectivity index (χ0n) is 11.0. The van der Waals surface area contributed by atoms with Crippen LogP contribution in [0.1, 0.15) is 31.3 Å². The monoisotopic (exact) mass is 261 g/mol. The Balaban J connectivity index is 2.59. The highest BCUT2D eigenvalue weighted by atomic mass is 16.6. The Morgan fingerprint density at radius 3 is 2.53 bits per heavy atom. The molecule has 0 aliphatic carbocycles. The van der Waals surface area contributed by atoms with Crippen molar-refractivity contribution in [3.63, 3.8) is 0 Å². The second-order valence-corrected chi connectivity index (χ2v) is 5.17. The summed E-state index contributed by atoms with van der Waals surface area (Å²) in [5.41, 5.74) is 4.63. The van der Waals surface area contributed by atoms with Crippen molar-refractivity contribution in [2.24, 2.45) is 0 Å². The number of nitrogens with two attached hydrogens (primary N) is 1. The fourth-order valence-corrected chi connectivity index (χ4v) is 1.63. The average molecular weight is 261 g/mol. The molecular formula is C14H15NO4. The predicted molar refractivity (Wildman–Crippen MR) is 72.1 cm³/mol. The lowest BCUT2D eigenvalue weighted by Gasteiger charge is -2.19. The summed E-state index contributed by atoms with van der Waals surface area (Å²) in [5.74, 6) is -0.994. The average Bonchev–Trinajstić information content (AvgIpc) is 2.31. The van der Waals surface area contributed by atoms with Crippen LogP contribution in [0.15, 0.2) is 33.5 Å². The van der Waals surface area contributed by atoms with E-state index in [-0.39, 0.29) is 11.4 Å². The van der Waals surface area contributed by atoms with Gasteiger partial charge in [0, 0.05) is 0 Å². The van der Waals surface area contributed by atoms with E-state index in [1.54, 1.807) is 45.0 Å². The van der Waals surface area contributed by atoms with Crippen molar-refractivity contribution in [3.8, 4) is 0 Å². The molecule has 0 saturated carbocycles. The third-order valence-corrected chi connectivity index (χ3v) is 2.42. The van der Waals surface area contributed by atoms with Gasteiger partial charge in [0.2, 0.25) is 11.2 Å². The Bertz CT molecular complexity index is 695. The SMILES string of the molecule is CC(C)(C)OC(=O)c1oc2ccccc2c(=O)c1N. The smallest absolute Gasteiger partial charge is 0.377 e. The maximum Gasteiger partial charge on any atom is 0.377 e. The van der Waals surface area contributed by atoms with Gasteiger partial charge in [0.05, 0.1) is 5.39 Å². The Hall–Kier alpha value is -2.30. The van der Waals surface area contributed by atoms with Crippen molar-refractivity contribution in [1.82, 2.24) is 0 Å². The summed E-state index contributed by atoms with van der Waals surface area (Å²) >= 11 is 0. The first kappa shape index (κ1) is 13.1. The van der Waals surface area contributed by atoms with Crippen LogP contribution in [0.5, 0.6) is 0 Å². The van der Waals surface area contributed by atoms with E-state index < -0.39 is 17.0 Å². The number of para-hydroxylation sites is 1. The Labute approximate surface area is 110 Å². The van der Waals surface area contributed by atoms with Crippen LogP contribution in [-0.4, -0.2) is 11.6 Å². The summed E-state index contributed by atoms with van der Waals surface area (Å²) in [5, 5.41) is 0.340. The maximum atomic E-state index is 12.0. The number of carbonyl (C=O) groups excluding carboxylic acids is 1. The zero-order valence-corrected chi connectivity index (χ0v) is 11.0. The minimum Gasteiger partial charge on any atom is -0.454 e. The van der Waals surface area contributed by atoms with Gasteiger partial charge in [0.25, 0.3) is 0 Å². The second-order valence-electron chi connectivity index (χ2n) is 5.17. The molecule has 19 heavy (non-hydrogen) atoms. The minimum atomic E-state index is -0.743. The van der Waals surface area contributed by atoms with Crippen molar-refractivity contribution >= 4 is 22.6 Å². The van der Waals surface area contributed by atoms with E-state index in [4.69, 9.17) is 14.9 Å². The van der Waals surface area contributed by atoms with Crippen LogP contribution >= 0.6 is 0 Å². The van der Waals surface area contributed by atoms with Gasteiger partial charge in [-0.2, -0.15) is 0 Å². The van der Waals surface area contributed by atoms with Gasteiger partial charge in [-0.05, 0) is 32.9 Å². The van der Waals surface area contributed by atoms with E-state index in [9.17, 15) is 9.59 Å². The summed E-state index contributed by atoms with van der Waals surface area (Å²) in [6.07, 6.45) is 0. The molecule has 0 amide bonds. The largest absolute Gasteiger partial charge is 0.454 e. The van der Waals surface area contributed by atoms with Crippen LogP contribution < -0.4 is 11.2 Å². The highest BCUT2D eigenvalue weighted by Crippen LogP contribution is 2.20. The fraction of sp³-hybridized carbons (Fsp3) is 0.286. The van der Waals surface area contributed by atoms with Crippen LogP contribution in [-0.2, 0) is 4.74 Å². The molecule has 0 aliphatic heterocycles. The van der Waals surface area contributed by atoms with Crippen molar-refractivity contribution in [2.75, 3.05) is 5.73 Å². The topological polar surface area (TPSA) is 82.5 Å². The normalized spacial score (nSPS) is 11.5. The summed E-state index contributed by atoms with van der Waals surface area (Å²) in [4.78, 5) is 24.0. The van der Waals surface area contributed by atoms with E-state index in [0.29, 0.717) is 11.0 Å². The number of carbonyl (C=O) groups is 1. The molecule has 0 saturated heterocycles. The zero-order chi connectivity index (χ0) is 14.2. The molecule has 0 fully saturated rings. The van der Waals surface area contributed by atoms with Crippen molar-refractivity contribution in [3.05, 3.63) is 40.2 Å². The van der Waals surface area contributed by atoms with Crippen LogP contribution in [0, 0.1) is 0 Å². The van der Waals surface area contributed by atoms with Crippen LogP contribution in [0.25, 0.3) is 11.0 Å². The third-order valence-electron chi connectivity index (χ3n) is 2.42. The number of anilines is 1. The molecule has 2 aromatic rings. The van der Waals surface area contributed by atoms with Crippen molar-refractivity contribution in [2.45, 2.75) is 26.4 Å². The van der Waals surface area contributed by atoms with Gasteiger partial charge in [0.15, 0.2) is 0 Å². The number of nitrogen functional groups attached to an aromatic ring is 1. The summed E-state index contributed by atoms with van der Waals surface area (Å²) in [7, 11) is 0. The molecule has 5 heteroatoms. The number of hydrogen-bond donors (Lipinski definition) is 1. The van der Waals surface area contributed by atoms with Gasteiger partial charge in [-0.15, -0.1) is 0 Å². The molecule has 1 heterocycles. The molecule has 2 N–H and O–H groups in total. The van der Waals surface area contributed by atoms with E-state index in [1.165, 1.54) is 0 Å². The summed E-state index contributed by atoms with van der Waals surface area (Å²) in [6, 6.07) is 6.60. The van der Waals surface area contributed by atoms with E-state index in [2.05, 4.69) is 0 Å². The lowest BCUT2D eigenvalue weighted by molar-refractivity contribution is 0.00383. The fourth-order valence-electron chi connectivity index (χ4n) is 1.63. The lowest BCUT2D eigenvalue weighted by Crippen LogP contribution is -2.26. The van der Waals surface area contributed by atoms with Crippen LogP contribution in [0.4, 0.5) is 5.69 Å². The second kappa shape index (κ2) is 4.42.